The van der Waals surface area contributed by atoms with Crippen LogP contribution in [0.3, 0.4) is 0 Å². The monoisotopic (exact) mass is 254 g/mol. The molecular weight excluding hydrogens is 240 g/mol. The Morgan fingerprint density at radius 3 is 2.79 bits per heavy atom. The lowest BCUT2D eigenvalue weighted by Crippen LogP contribution is -2.11. The van der Waals surface area contributed by atoms with Crippen LogP contribution in [0.1, 0.15) is 41.7 Å². The van der Waals surface area contributed by atoms with Crippen molar-refractivity contribution in [2.75, 3.05) is 5.73 Å². The Morgan fingerprint density at radius 1 is 1.37 bits per heavy atom. The first kappa shape index (κ1) is 11.7. The van der Waals surface area contributed by atoms with Gasteiger partial charge in [0.2, 0.25) is 5.78 Å². The van der Waals surface area contributed by atoms with Gasteiger partial charge in [-0.25, -0.2) is 4.98 Å². The van der Waals surface area contributed by atoms with Gasteiger partial charge in [-0.05, 0) is 11.6 Å². The molecule has 1 aliphatic carbocycles. The second kappa shape index (κ2) is 3.82. The maximum Gasteiger partial charge on any atom is 0.215 e. The van der Waals surface area contributed by atoms with E-state index >= 15 is 0 Å². The maximum atomic E-state index is 12.3. The van der Waals surface area contributed by atoms with Gasteiger partial charge in [0.05, 0.1) is 5.56 Å². The van der Waals surface area contributed by atoms with Crippen LogP contribution in [-0.4, -0.2) is 10.8 Å². The highest BCUT2D eigenvalue weighted by Gasteiger charge is 2.33. The van der Waals surface area contributed by atoms with Gasteiger partial charge in [0.15, 0.2) is 17.3 Å². The summed E-state index contributed by atoms with van der Waals surface area (Å²) in [6.07, 6.45) is 0. The number of benzene rings is 1. The number of fused-ring (bicyclic) bond motifs is 3. The smallest absolute Gasteiger partial charge is 0.215 e. The van der Waals surface area contributed by atoms with Crippen molar-refractivity contribution < 1.29 is 9.21 Å². The van der Waals surface area contributed by atoms with Crippen LogP contribution in [0.5, 0.6) is 0 Å². The summed E-state index contributed by atoms with van der Waals surface area (Å²) in [5.41, 5.74) is 8.76. The van der Waals surface area contributed by atoms with E-state index in [2.05, 4.69) is 11.6 Å². The lowest BCUT2D eigenvalue weighted by Gasteiger charge is -2.16. The summed E-state index contributed by atoms with van der Waals surface area (Å²) in [5, 5.41) is 0. The molecule has 1 aliphatic rings. The predicted octanol–water partition coefficient (Wildman–Crippen LogP) is 3.26. The molecule has 4 heteroatoms. The number of anilines is 1. The zero-order chi connectivity index (χ0) is 13.7. The molecule has 1 aromatic heterocycles. The van der Waals surface area contributed by atoms with Gasteiger partial charge in [0, 0.05) is 17.2 Å². The fourth-order valence-electron chi connectivity index (χ4n) is 2.25. The summed E-state index contributed by atoms with van der Waals surface area (Å²) in [4.78, 5) is 16.6. The average Bonchev–Trinajstić information content (AvgIpc) is 2.81. The number of Topliss-reactive ketones (excluding diaryl/α,β-unsaturated/α-hetero) is 1. The summed E-state index contributed by atoms with van der Waals surface area (Å²) >= 11 is 0. The summed E-state index contributed by atoms with van der Waals surface area (Å²) in [7, 11) is 0. The SMILES string of the molecule is C=C1C(=O)c2nc(C(C)C)oc2-c2c(N)cccc21. The van der Waals surface area contributed by atoms with Crippen LogP contribution in [0.15, 0.2) is 29.2 Å². The van der Waals surface area contributed by atoms with Crippen LogP contribution in [0, 0.1) is 0 Å². The Morgan fingerprint density at radius 2 is 2.11 bits per heavy atom. The normalized spacial score (nSPS) is 13.6. The number of hydrogen-bond acceptors (Lipinski definition) is 4. The van der Waals surface area contributed by atoms with Gasteiger partial charge >= 0.3 is 0 Å². The Bertz CT molecular complexity index is 711. The third-order valence-corrected chi connectivity index (χ3v) is 3.28. The van der Waals surface area contributed by atoms with Gasteiger partial charge in [-0.3, -0.25) is 4.79 Å². The van der Waals surface area contributed by atoms with E-state index in [0.29, 0.717) is 28.6 Å². The molecule has 19 heavy (non-hydrogen) atoms. The zero-order valence-corrected chi connectivity index (χ0v) is 10.9. The third kappa shape index (κ3) is 1.53. The minimum absolute atomic E-state index is 0.111. The first-order valence-electron chi connectivity index (χ1n) is 6.14. The zero-order valence-electron chi connectivity index (χ0n) is 10.9. The number of ketones is 1. The molecule has 1 heterocycles. The first-order chi connectivity index (χ1) is 9.00. The Hall–Kier alpha value is -2.36. The first-order valence-corrected chi connectivity index (χ1v) is 6.14. The van der Waals surface area contributed by atoms with Crippen molar-refractivity contribution in [3.63, 3.8) is 0 Å². The van der Waals surface area contributed by atoms with Gasteiger partial charge in [0.25, 0.3) is 0 Å². The maximum absolute atomic E-state index is 12.3. The van der Waals surface area contributed by atoms with E-state index in [4.69, 9.17) is 10.2 Å². The standard InChI is InChI=1S/C15H14N2O2/c1-7(2)15-17-12-13(18)8(3)9-5-4-6-10(16)11(9)14(12)19-15/h4-7H,3,16H2,1-2H3. The molecule has 0 spiro atoms. The molecule has 0 atom stereocenters. The molecule has 0 fully saturated rings. The molecule has 3 rings (SSSR count). The molecule has 0 unspecified atom stereocenters. The average molecular weight is 254 g/mol. The number of rotatable bonds is 1. The Balaban J connectivity index is 2.35. The summed E-state index contributed by atoms with van der Waals surface area (Å²) in [5.74, 6) is 0.931. The van der Waals surface area contributed by atoms with Crippen LogP contribution in [0.25, 0.3) is 16.9 Å². The lowest BCUT2D eigenvalue weighted by atomic mass is 9.87. The number of allylic oxidation sites excluding steroid dienone is 1. The van der Waals surface area contributed by atoms with Gasteiger partial charge in [-0.1, -0.05) is 32.6 Å². The van der Waals surface area contributed by atoms with E-state index in [1.807, 2.05) is 19.9 Å². The number of nitrogen functional groups attached to an aromatic ring is 1. The van der Waals surface area contributed by atoms with Crippen molar-refractivity contribution in [1.29, 1.82) is 0 Å². The highest BCUT2D eigenvalue weighted by atomic mass is 16.4. The van der Waals surface area contributed by atoms with Gasteiger partial charge < -0.3 is 10.2 Å². The van der Waals surface area contributed by atoms with Gasteiger partial charge in [-0.15, -0.1) is 0 Å². The van der Waals surface area contributed by atoms with E-state index in [0.717, 1.165) is 11.1 Å². The topological polar surface area (TPSA) is 69.1 Å². The molecule has 0 bridgehead atoms. The third-order valence-electron chi connectivity index (χ3n) is 3.28. The van der Waals surface area contributed by atoms with Crippen molar-refractivity contribution in [2.24, 2.45) is 0 Å². The van der Waals surface area contributed by atoms with E-state index in [9.17, 15) is 4.79 Å². The molecule has 2 N–H and O–H groups in total. The van der Waals surface area contributed by atoms with E-state index in [1.165, 1.54) is 0 Å². The summed E-state index contributed by atoms with van der Waals surface area (Å²) in [6, 6.07) is 5.41. The molecule has 4 nitrogen and oxygen atoms in total. The van der Waals surface area contributed by atoms with E-state index in [1.54, 1.807) is 12.1 Å². The van der Waals surface area contributed by atoms with E-state index < -0.39 is 0 Å². The fraction of sp³-hybridized carbons (Fsp3) is 0.200. The summed E-state index contributed by atoms with van der Waals surface area (Å²) < 4.78 is 5.74. The molecule has 0 saturated carbocycles. The number of carbonyl (C=O) groups is 1. The number of oxazole rings is 1. The Kier molecular flexibility index (Phi) is 2.35. The number of hydrogen-bond donors (Lipinski definition) is 1. The summed E-state index contributed by atoms with van der Waals surface area (Å²) in [6.45, 7) is 7.77. The lowest BCUT2D eigenvalue weighted by molar-refractivity contribution is 0.105. The Labute approximate surface area is 110 Å². The molecule has 0 radical (unpaired) electrons. The van der Waals surface area contributed by atoms with Crippen molar-refractivity contribution in [1.82, 2.24) is 4.98 Å². The van der Waals surface area contributed by atoms with Crippen LogP contribution >= 0.6 is 0 Å². The second-order valence-corrected chi connectivity index (χ2v) is 4.96. The highest BCUT2D eigenvalue weighted by molar-refractivity contribution is 6.33. The number of aromatic nitrogens is 1. The minimum Gasteiger partial charge on any atom is -0.440 e. The fourth-order valence-corrected chi connectivity index (χ4v) is 2.25. The number of carbonyl (C=O) groups excluding carboxylic acids is 1. The molecule has 96 valence electrons. The van der Waals surface area contributed by atoms with Crippen molar-refractivity contribution in [2.45, 2.75) is 19.8 Å². The van der Waals surface area contributed by atoms with Crippen molar-refractivity contribution in [3.05, 3.63) is 41.9 Å². The largest absolute Gasteiger partial charge is 0.440 e. The van der Waals surface area contributed by atoms with E-state index in [-0.39, 0.29) is 11.7 Å². The molecule has 0 aliphatic heterocycles. The molecule has 2 aromatic rings. The predicted molar refractivity (Wildman–Crippen MR) is 73.8 cm³/mol. The van der Waals surface area contributed by atoms with Crippen LogP contribution < -0.4 is 5.73 Å². The number of nitrogens with zero attached hydrogens (tertiary/aromatic N) is 1. The molecule has 0 saturated heterocycles. The second-order valence-electron chi connectivity index (χ2n) is 4.96. The molecular formula is C15H14N2O2. The highest BCUT2D eigenvalue weighted by Crippen LogP contribution is 2.42. The minimum atomic E-state index is -0.191. The van der Waals surface area contributed by atoms with Gasteiger partial charge in [0.1, 0.15) is 0 Å². The number of nitrogens with two attached hydrogens (primary N) is 1. The van der Waals surface area contributed by atoms with Crippen molar-refractivity contribution >= 4 is 17.0 Å². The molecule has 1 aromatic carbocycles. The van der Waals surface area contributed by atoms with Gasteiger partial charge in [-0.2, -0.15) is 0 Å². The molecule has 0 amide bonds. The quantitative estimate of drug-likeness (QED) is 0.626. The van der Waals surface area contributed by atoms with Crippen LogP contribution in [0.4, 0.5) is 5.69 Å². The van der Waals surface area contributed by atoms with Crippen LogP contribution in [0.2, 0.25) is 0 Å². The van der Waals surface area contributed by atoms with Crippen molar-refractivity contribution in [3.8, 4) is 11.3 Å². The van der Waals surface area contributed by atoms with Crippen LogP contribution in [-0.2, 0) is 0 Å².